The van der Waals surface area contributed by atoms with E-state index in [0.717, 1.165) is 42.8 Å². The molecule has 0 N–H and O–H groups in total. The Morgan fingerprint density at radius 1 is 1.41 bits per heavy atom. The van der Waals surface area contributed by atoms with Gasteiger partial charge in [-0.25, -0.2) is 0 Å². The van der Waals surface area contributed by atoms with Gasteiger partial charge < -0.3 is 9.64 Å². The van der Waals surface area contributed by atoms with Gasteiger partial charge in [0.05, 0.1) is 11.3 Å². The quantitative estimate of drug-likeness (QED) is 0.834. The van der Waals surface area contributed by atoms with E-state index in [4.69, 9.17) is 4.74 Å². The van der Waals surface area contributed by atoms with E-state index < -0.39 is 0 Å². The summed E-state index contributed by atoms with van der Waals surface area (Å²) in [6.45, 7) is 3.66. The normalized spacial score (nSPS) is 20.6. The number of hydrogen-bond donors (Lipinski definition) is 0. The number of pyridine rings is 1. The van der Waals surface area contributed by atoms with Crippen LogP contribution in [0.15, 0.2) is 24.0 Å². The Hall–Kier alpha value is -2.19. The summed E-state index contributed by atoms with van der Waals surface area (Å²) in [7, 11) is 1.74. The number of carbonyl (C=O) groups excluding carboxylic acids is 1. The zero-order chi connectivity index (χ0) is 15.7. The average Bonchev–Trinajstić information content (AvgIpc) is 2.54. The van der Waals surface area contributed by atoms with Crippen LogP contribution in [-0.4, -0.2) is 41.5 Å². The second kappa shape index (κ2) is 5.54. The van der Waals surface area contributed by atoms with Gasteiger partial charge in [-0.3, -0.25) is 9.78 Å². The fourth-order valence-electron chi connectivity index (χ4n) is 3.18. The number of nitrogens with zero attached hydrogens (tertiary/aromatic N) is 3. The first-order chi connectivity index (χ1) is 10.6. The summed E-state index contributed by atoms with van der Waals surface area (Å²) in [5.74, 6) is -0.113. The first-order valence-electron chi connectivity index (χ1n) is 7.49. The summed E-state index contributed by atoms with van der Waals surface area (Å²) in [5.41, 5.74) is 2.80. The lowest BCUT2D eigenvalue weighted by atomic mass is 9.87. The third-order valence-electron chi connectivity index (χ3n) is 4.77. The molecule has 0 amide bonds. The largest absolute Gasteiger partial charge is 0.378 e. The van der Waals surface area contributed by atoms with E-state index in [0.29, 0.717) is 0 Å². The predicted octanol–water partition coefficient (Wildman–Crippen LogP) is 1.94. The number of rotatable bonds is 2. The van der Waals surface area contributed by atoms with Crippen LogP contribution in [0.3, 0.4) is 0 Å². The lowest BCUT2D eigenvalue weighted by Gasteiger charge is -2.41. The lowest BCUT2D eigenvalue weighted by molar-refractivity contribution is -0.114. The van der Waals surface area contributed by atoms with E-state index in [-0.39, 0.29) is 23.4 Å². The van der Waals surface area contributed by atoms with Gasteiger partial charge in [0.2, 0.25) is 0 Å². The van der Waals surface area contributed by atoms with E-state index >= 15 is 0 Å². The molecule has 1 aromatic rings. The van der Waals surface area contributed by atoms with Crippen LogP contribution < -0.4 is 0 Å². The number of ether oxygens (including phenoxy) is 1. The molecule has 5 heteroatoms. The summed E-state index contributed by atoms with van der Waals surface area (Å²) in [4.78, 5) is 18.5. The Bertz CT molecular complexity index is 679. The topological polar surface area (TPSA) is 66.2 Å². The fourth-order valence-corrected chi connectivity index (χ4v) is 3.18. The number of fused-ring (bicyclic) bond motifs is 1. The maximum atomic E-state index is 12.3. The number of carbonyl (C=O) groups is 1. The maximum absolute atomic E-state index is 12.3. The molecule has 0 atom stereocenters. The predicted molar refractivity (Wildman–Crippen MR) is 81.7 cm³/mol. The smallest absolute Gasteiger partial charge is 0.179 e. The van der Waals surface area contributed by atoms with E-state index in [1.807, 2.05) is 6.07 Å². The zero-order valence-electron chi connectivity index (χ0n) is 12.9. The number of ketones is 1. The molecule has 1 saturated heterocycles. The molecule has 1 aliphatic carbocycles. The van der Waals surface area contributed by atoms with Gasteiger partial charge in [-0.1, -0.05) is 0 Å². The Morgan fingerprint density at radius 2 is 2.14 bits per heavy atom. The van der Waals surface area contributed by atoms with Gasteiger partial charge in [-0.05, 0) is 31.4 Å². The van der Waals surface area contributed by atoms with E-state index in [1.165, 1.54) is 0 Å². The number of allylic oxidation sites excluding steroid dienone is 1. The number of likely N-dealkylation sites (tertiary alicyclic amines) is 1. The molecular weight excluding hydrogens is 278 g/mol. The van der Waals surface area contributed by atoms with Gasteiger partial charge in [-0.2, -0.15) is 5.26 Å². The minimum absolute atomic E-state index is 0.113. The van der Waals surface area contributed by atoms with Gasteiger partial charge in [-0.15, -0.1) is 0 Å². The molecule has 1 aromatic heterocycles. The third-order valence-corrected chi connectivity index (χ3v) is 4.77. The van der Waals surface area contributed by atoms with Gasteiger partial charge >= 0.3 is 0 Å². The molecule has 0 aromatic carbocycles. The van der Waals surface area contributed by atoms with Crippen molar-refractivity contribution in [2.24, 2.45) is 0 Å². The lowest BCUT2D eigenvalue weighted by Crippen LogP contribution is -2.43. The highest BCUT2D eigenvalue weighted by molar-refractivity contribution is 6.09. The third kappa shape index (κ3) is 2.40. The molecule has 0 saturated carbocycles. The number of aromatic nitrogens is 1. The second-order valence-electron chi connectivity index (χ2n) is 6.11. The molecule has 0 radical (unpaired) electrons. The van der Waals surface area contributed by atoms with Crippen molar-refractivity contribution >= 4 is 11.5 Å². The monoisotopic (exact) mass is 297 g/mol. The molecular formula is C17H19N3O2. The Balaban J connectivity index is 2.00. The van der Waals surface area contributed by atoms with E-state index in [2.05, 4.69) is 22.9 Å². The van der Waals surface area contributed by atoms with Crippen LogP contribution in [-0.2, 0) is 16.0 Å². The molecule has 1 fully saturated rings. The number of Topliss-reactive ketones (excluding diaryl/α,β-unsaturated/α-hetero) is 1. The van der Waals surface area contributed by atoms with Gasteiger partial charge in [0.25, 0.3) is 0 Å². The van der Waals surface area contributed by atoms with Crippen molar-refractivity contribution in [2.45, 2.75) is 31.8 Å². The Kier molecular flexibility index (Phi) is 3.71. The summed E-state index contributed by atoms with van der Waals surface area (Å²) in [6.07, 6.45) is 5.46. The van der Waals surface area contributed by atoms with Crippen molar-refractivity contribution in [2.75, 3.05) is 20.2 Å². The minimum Gasteiger partial charge on any atom is -0.378 e. The molecule has 3 rings (SSSR count). The van der Waals surface area contributed by atoms with Crippen LogP contribution in [0.4, 0.5) is 0 Å². The molecule has 22 heavy (non-hydrogen) atoms. The van der Waals surface area contributed by atoms with E-state index in [1.54, 1.807) is 19.5 Å². The van der Waals surface area contributed by atoms with Crippen molar-refractivity contribution in [1.29, 1.82) is 5.26 Å². The highest BCUT2D eigenvalue weighted by Gasteiger charge is 2.35. The molecule has 2 heterocycles. The van der Waals surface area contributed by atoms with Crippen LogP contribution in [0.25, 0.3) is 5.70 Å². The van der Waals surface area contributed by atoms with Crippen LogP contribution in [0.1, 0.15) is 30.9 Å². The van der Waals surface area contributed by atoms with Crippen LogP contribution >= 0.6 is 0 Å². The van der Waals surface area contributed by atoms with Gasteiger partial charge in [0, 0.05) is 44.6 Å². The zero-order valence-corrected chi connectivity index (χ0v) is 12.9. The highest BCUT2D eigenvalue weighted by Crippen LogP contribution is 2.35. The van der Waals surface area contributed by atoms with Crippen LogP contribution in [0.5, 0.6) is 0 Å². The maximum Gasteiger partial charge on any atom is 0.179 e. The Morgan fingerprint density at radius 3 is 2.77 bits per heavy atom. The first kappa shape index (κ1) is 14.7. The molecule has 1 aliphatic heterocycles. The summed E-state index contributed by atoms with van der Waals surface area (Å²) >= 11 is 0. The Labute approximate surface area is 130 Å². The standard InChI is InChI=1S/C17H19N3O2/c1-17(22-2)4-7-20(8-5-17)16-13-3-6-19-11-12(13)9-15(21)14(16)10-18/h3,6,11H,4-5,7-9H2,1-2H3. The van der Waals surface area contributed by atoms with Crippen molar-refractivity contribution in [3.05, 3.63) is 35.2 Å². The number of nitriles is 1. The molecule has 2 aliphatic rings. The summed E-state index contributed by atoms with van der Waals surface area (Å²) < 4.78 is 5.57. The molecule has 0 unspecified atom stereocenters. The molecule has 114 valence electrons. The van der Waals surface area contributed by atoms with E-state index in [9.17, 15) is 10.1 Å². The average molecular weight is 297 g/mol. The molecule has 0 spiro atoms. The molecule has 5 nitrogen and oxygen atoms in total. The number of piperidine rings is 1. The number of methoxy groups -OCH3 is 1. The summed E-state index contributed by atoms with van der Waals surface area (Å²) in [5, 5.41) is 9.44. The van der Waals surface area contributed by atoms with Gasteiger partial charge in [0.1, 0.15) is 11.6 Å². The van der Waals surface area contributed by atoms with Crippen molar-refractivity contribution in [3.8, 4) is 6.07 Å². The van der Waals surface area contributed by atoms with Crippen molar-refractivity contribution in [3.63, 3.8) is 0 Å². The minimum atomic E-state index is -0.121. The second-order valence-corrected chi connectivity index (χ2v) is 6.11. The summed E-state index contributed by atoms with van der Waals surface area (Å²) in [6, 6.07) is 4.01. The fraction of sp³-hybridized carbons (Fsp3) is 0.471. The van der Waals surface area contributed by atoms with Crippen LogP contribution in [0.2, 0.25) is 0 Å². The highest BCUT2D eigenvalue weighted by atomic mass is 16.5. The van der Waals surface area contributed by atoms with Crippen molar-refractivity contribution < 1.29 is 9.53 Å². The first-order valence-corrected chi connectivity index (χ1v) is 7.49. The molecule has 0 bridgehead atoms. The SMILES string of the molecule is COC1(C)CCN(C2=C(C#N)C(=O)Cc3cnccc32)CC1. The van der Waals surface area contributed by atoms with Crippen LogP contribution in [0, 0.1) is 11.3 Å². The van der Waals surface area contributed by atoms with Crippen molar-refractivity contribution in [1.82, 2.24) is 9.88 Å². The number of hydrogen-bond acceptors (Lipinski definition) is 5. The van der Waals surface area contributed by atoms with Gasteiger partial charge in [0.15, 0.2) is 5.78 Å².